The molecule has 67 heavy (non-hydrogen) atoms. The standard InChI is InChI=1S/C46H63ClN4O14S2/c1-26-13-11-14-33(61-10)46(59)25-32(62-43(58)48-46)27(2)41-45(6,64-41)34(24-38(55)50(8)30-22-29(21-26)23-31(60-9)40(30)47)63-42(57)28(3)49(7)35(52)18-19-44(4,5)67-66-20-12-15-39(56)65-51-36(53)16-17-37(51)54/h11,13-14,22-23,27-28,32-34,41,59H,12,15-21,24-25H2,1-10H3,(H,48,58)/b14-11+,26-13+/t27-,28+,32+,33-,34+,41+,45+,46+/m0/s1. The van der Waals surface area contributed by atoms with Crippen LogP contribution in [0.25, 0.3) is 0 Å². The number of esters is 1. The molecule has 2 N–H and O–H groups in total. The van der Waals surface area contributed by atoms with Gasteiger partial charge in [-0.15, -0.1) is 5.06 Å². The third-order valence-corrected chi connectivity index (χ3v) is 16.4. The van der Waals surface area contributed by atoms with E-state index in [2.05, 4.69) is 5.32 Å². The molecule has 21 heteroatoms. The highest BCUT2D eigenvalue weighted by Crippen LogP contribution is 2.49. The number of anilines is 1. The first kappa shape index (κ1) is 53.6. The molecule has 3 fully saturated rings. The van der Waals surface area contributed by atoms with Crippen LogP contribution in [-0.4, -0.2) is 137 Å². The van der Waals surface area contributed by atoms with Crippen LogP contribution in [0.5, 0.6) is 5.75 Å². The molecule has 18 nitrogen and oxygen atoms in total. The summed E-state index contributed by atoms with van der Waals surface area (Å²) in [6, 6.07) is 2.48. The van der Waals surface area contributed by atoms with Crippen molar-refractivity contribution >= 4 is 80.5 Å². The first-order valence-corrected chi connectivity index (χ1v) is 24.8. The summed E-state index contributed by atoms with van der Waals surface area (Å²) in [6.45, 7) is 10.9. The van der Waals surface area contributed by atoms with Gasteiger partial charge in [0, 0.05) is 69.7 Å². The molecule has 0 unspecified atom stereocenters. The first-order valence-electron chi connectivity index (χ1n) is 22.2. The number of aliphatic hydroxyl groups is 1. The highest BCUT2D eigenvalue weighted by Gasteiger charge is 2.64. The minimum atomic E-state index is -1.86. The van der Waals surface area contributed by atoms with Gasteiger partial charge in [0.1, 0.15) is 40.7 Å². The summed E-state index contributed by atoms with van der Waals surface area (Å²) in [6.07, 6.45) is 1.65. The maximum Gasteiger partial charge on any atom is 0.409 e. The number of epoxide rings is 1. The monoisotopic (exact) mass is 994 g/mol. The lowest BCUT2D eigenvalue weighted by Crippen LogP contribution is -2.63. The summed E-state index contributed by atoms with van der Waals surface area (Å²) < 4.78 is 29.1. The van der Waals surface area contributed by atoms with E-state index in [1.54, 1.807) is 56.0 Å². The molecule has 3 saturated heterocycles. The van der Waals surface area contributed by atoms with Gasteiger partial charge in [0.2, 0.25) is 11.8 Å². The van der Waals surface area contributed by atoms with E-state index in [1.165, 1.54) is 48.8 Å². The minimum Gasteiger partial charge on any atom is -0.495 e. The predicted octanol–water partition coefficient (Wildman–Crippen LogP) is 5.84. The Balaban J connectivity index is 1.28. The Hall–Kier alpha value is -4.34. The predicted molar refractivity (Wildman–Crippen MR) is 251 cm³/mol. The van der Waals surface area contributed by atoms with Crippen LogP contribution in [0.3, 0.4) is 0 Å². The smallest absolute Gasteiger partial charge is 0.409 e. The van der Waals surface area contributed by atoms with Crippen molar-refractivity contribution in [3.05, 3.63) is 46.5 Å². The molecule has 5 amide bonds. The average molecular weight is 996 g/mol. The van der Waals surface area contributed by atoms with Crippen molar-refractivity contribution in [3.8, 4) is 5.75 Å². The molecule has 4 aliphatic heterocycles. The number of benzene rings is 1. The number of carbonyl (C=O) groups excluding carboxylic acids is 7. The molecule has 0 aromatic heterocycles. The maximum absolute atomic E-state index is 14.3. The van der Waals surface area contributed by atoms with Crippen LogP contribution >= 0.6 is 33.2 Å². The van der Waals surface area contributed by atoms with Gasteiger partial charge in [-0.05, 0) is 71.6 Å². The SMILES string of the molecule is COc1cc2cc(c1Cl)N(C)C(=O)C[C@@H](OC(=O)[C@@H](C)N(C)C(=O)CCC(C)(C)SSCCCC(=O)ON1C(=O)CCC1=O)[C@@]1(C)O[C@@H]1[C@@H](C)[C@H]1C[C@](O)(NC(=O)O1)[C@@H](OC)/C=C/C=C(\C)C2. The highest BCUT2D eigenvalue weighted by atomic mass is 35.5. The Morgan fingerprint density at radius 2 is 1.79 bits per heavy atom. The van der Waals surface area contributed by atoms with E-state index in [1.807, 2.05) is 26.8 Å². The van der Waals surface area contributed by atoms with E-state index in [-0.39, 0.29) is 54.2 Å². The zero-order valence-electron chi connectivity index (χ0n) is 39.7. The van der Waals surface area contributed by atoms with Gasteiger partial charge in [0.25, 0.3) is 11.8 Å². The molecule has 0 saturated carbocycles. The molecule has 4 aliphatic rings. The van der Waals surface area contributed by atoms with Gasteiger partial charge in [0.15, 0.2) is 5.72 Å². The summed E-state index contributed by atoms with van der Waals surface area (Å²) in [4.78, 5) is 98.1. The van der Waals surface area contributed by atoms with Gasteiger partial charge >= 0.3 is 18.0 Å². The summed E-state index contributed by atoms with van der Waals surface area (Å²) in [5.41, 5.74) is -1.09. The number of carbonyl (C=O) groups is 7. The van der Waals surface area contributed by atoms with Crippen LogP contribution in [0.2, 0.25) is 5.02 Å². The van der Waals surface area contributed by atoms with Crippen molar-refractivity contribution in [1.82, 2.24) is 15.3 Å². The van der Waals surface area contributed by atoms with Gasteiger partial charge < -0.3 is 43.4 Å². The molecule has 5 rings (SSSR count). The number of hydrogen-bond acceptors (Lipinski definition) is 16. The maximum atomic E-state index is 14.3. The van der Waals surface area contributed by atoms with E-state index >= 15 is 0 Å². The molecule has 0 spiro atoms. The Bertz CT molecular complexity index is 2120. The fraction of sp³-hybridized carbons (Fsp3) is 0.630. The average Bonchev–Trinajstić information content (AvgIpc) is 3.88. The Morgan fingerprint density at radius 1 is 1.10 bits per heavy atom. The summed E-state index contributed by atoms with van der Waals surface area (Å²) in [7, 11) is 9.02. The molecule has 4 bridgehead atoms. The number of hydroxylamine groups is 2. The lowest BCUT2D eigenvalue weighted by Gasteiger charge is -2.42. The summed E-state index contributed by atoms with van der Waals surface area (Å²) in [5.74, 6) is -2.94. The Kier molecular flexibility index (Phi) is 17.9. The summed E-state index contributed by atoms with van der Waals surface area (Å²) in [5, 5.41) is 15.1. The Labute approximate surface area is 404 Å². The molecule has 0 radical (unpaired) electrons. The number of methoxy groups -OCH3 is 2. The van der Waals surface area contributed by atoms with E-state index in [0.717, 1.165) is 11.1 Å². The van der Waals surface area contributed by atoms with E-state index < -0.39 is 83.5 Å². The van der Waals surface area contributed by atoms with Gasteiger partial charge in [-0.1, -0.05) is 63.9 Å². The molecule has 370 valence electrons. The van der Waals surface area contributed by atoms with E-state index in [9.17, 15) is 38.7 Å². The third kappa shape index (κ3) is 13.3. The highest BCUT2D eigenvalue weighted by molar-refractivity contribution is 8.77. The van der Waals surface area contributed by atoms with Gasteiger partial charge in [-0.2, -0.15) is 0 Å². The fourth-order valence-electron chi connectivity index (χ4n) is 8.13. The van der Waals surface area contributed by atoms with Crippen LogP contribution in [0.4, 0.5) is 10.5 Å². The Morgan fingerprint density at radius 3 is 2.45 bits per heavy atom. The van der Waals surface area contributed by atoms with E-state index in [0.29, 0.717) is 41.5 Å². The van der Waals surface area contributed by atoms with Crippen LogP contribution in [0, 0.1) is 5.92 Å². The number of hydrogen-bond donors (Lipinski definition) is 2. The quantitative estimate of drug-likeness (QED) is 0.0693. The van der Waals surface area contributed by atoms with Crippen molar-refractivity contribution in [2.45, 2.75) is 146 Å². The lowest BCUT2D eigenvalue weighted by atomic mass is 9.83. The van der Waals surface area contributed by atoms with Crippen molar-refractivity contribution in [1.29, 1.82) is 0 Å². The number of ether oxygens (including phenoxy) is 5. The number of amides is 5. The number of halogens is 1. The second-order valence-corrected chi connectivity index (χ2v) is 21.7. The minimum absolute atomic E-state index is 0.0240. The largest absolute Gasteiger partial charge is 0.495 e. The second kappa shape index (κ2) is 22.4. The fourth-order valence-corrected chi connectivity index (χ4v) is 11.1. The van der Waals surface area contributed by atoms with Crippen molar-refractivity contribution in [2.75, 3.05) is 39.0 Å². The first-order chi connectivity index (χ1) is 31.4. The number of fused-ring (bicyclic) bond motifs is 5. The number of likely N-dealkylation sites (N-methyl/N-ethyl adjacent to an activating group) is 1. The normalized spacial score (nSPS) is 28.6. The second-order valence-electron chi connectivity index (χ2n) is 18.2. The zero-order chi connectivity index (χ0) is 49.6. The molecule has 0 aliphatic carbocycles. The molecular formula is C46H63ClN4O14S2. The molecule has 1 aromatic rings. The number of imide groups is 1. The number of alkyl carbamates (subject to hydrolysis) is 1. The molecule has 8 atom stereocenters. The van der Waals surface area contributed by atoms with Crippen LogP contribution in [0.1, 0.15) is 98.5 Å². The summed E-state index contributed by atoms with van der Waals surface area (Å²) >= 11 is 6.81. The van der Waals surface area contributed by atoms with Crippen molar-refractivity contribution in [3.63, 3.8) is 0 Å². The van der Waals surface area contributed by atoms with Crippen LogP contribution in [-0.2, 0) is 59.0 Å². The van der Waals surface area contributed by atoms with Crippen molar-refractivity contribution in [2.24, 2.45) is 5.92 Å². The van der Waals surface area contributed by atoms with Crippen molar-refractivity contribution < 1.29 is 67.2 Å². The number of nitrogens with zero attached hydrogens (tertiary/aromatic N) is 3. The lowest BCUT2D eigenvalue weighted by molar-refractivity contribution is -0.197. The molecule has 1 aromatic carbocycles. The zero-order valence-corrected chi connectivity index (χ0v) is 42.1. The van der Waals surface area contributed by atoms with Gasteiger partial charge in [-0.3, -0.25) is 24.5 Å². The number of allylic oxidation sites excluding steroid dienone is 3. The number of nitrogens with one attached hydrogen (secondary N) is 1. The van der Waals surface area contributed by atoms with E-state index in [4.69, 9.17) is 40.1 Å². The van der Waals surface area contributed by atoms with Gasteiger partial charge in [0.05, 0.1) is 25.3 Å². The van der Waals surface area contributed by atoms with Crippen LogP contribution < -0.4 is 15.0 Å². The molecular weight excluding hydrogens is 932 g/mol. The third-order valence-electron chi connectivity index (χ3n) is 12.6. The van der Waals surface area contributed by atoms with Gasteiger partial charge in [-0.25, -0.2) is 14.4 Å². The number of rotatable bonds is 15. The molecule has 4 heterocycles. The topological polar surface area (TPSA) is 220 Å². The van der Waals surface area contributed by atoms with Crippen LogP contribution in [0.15, 0.2) is 35.9 Å².